The van der Waals surface area contributed by atoms with E-state index in [2.05, 4.69) is 99.4 Å². The van der Waals surface area contributed by atoms with E-state index in [1.165, 1.54) is 16.8 Å². The van der Waals surface area contributed by atoms with E-state index in [0.717, 1.165) is 38.4 Å². The third-order valence-corrected chi connectivity index (χ3v) is 6.50. The van der Waals surface area contributed by atoms with E-state index in [0.29, 0.717) is 5.56 Å². The van der Waals surface area contributed by atoms with Crippen LogP contribution in [0.1, 0.15) is 28.4 Å². The molecular weight excluding hydrogens is 404 g/mol. The fraction of sp³-hybridized carbons (Fsp3) is 0.207. The van der Waals surface area contributed by atoms with Crippen LogP contribution in [0.25, 0.3) is 5.69 Å². The van der Waals surface area contributed by atoms with E-state index in [-0.39, 0.29) is 6.04 Å². The molecule has 1 fully saturated rings. The van der Waals surface area contributed by atoms with Gasteiger partial charge in [-0.05, 0) is 47.5 Å². The van der Waals surface area contributed by atoms with Crippen molar-refractivity contribution >= 4 is 0 Å². The Kier molecular flexibility index (Phi) is 6.34. The van der Waals surface area contributed by atoms with Gasteiger partial charge in [0, 0.05) is 50.3 Å². The minimum absolute atomic E-state index is 0.289. The van der Waals surface area contributed by atoms with Crippen molar-refractivity contribution in [3.63, 3.8) is 0 Å². The van der Waals surface area contributed by atoms with E-state index < -0.39 is 0 Å². The first-order chi connectivity index (χ1) is 16.3. The summed E-state index contributed by atoms with van der Waals surface area (Å²) in [6.07, 6.45) is 2.10. The van der Waals surface area contributed by atoms with E-state index in [1.807, 2.05) is 24.3 Å². The van der Waals surface area contributed by atoms with Gasteiger partial charge in [-0.1, -0.05) is 60.7 Å². The number of benzene rings is 3. The van der Waals surface area contributed by atoms with Crippen LogP contribution in [0.5, 0.6) is 0 Å². The Morgan fingerprint density at radius 1 is 0.697 bits per heavy atom. The maximum absolute atomic E-state index is 9.07. The molecule has 0 aliphatic carbocycles. The third kappa shape index (κ3) is 4.75. The topological polar surface area (TPSA) is 35.2 Å². The molecule has 0 unspecified atom stereocenters. The van der Waals surface area contributed by atoms with Crippen molar-refractivity contribution in [3.8, 4) is 11.8 Å². The van der Waals surface area contributed by atoms with Crippen LogP contribution in [0, 0.1) is 11.3 Å². The number of piperazine rings is 1. The van der Waals surface area contributed by atoms with Crippen molar-refractivity contribution in [2.75, 3.05) is 26.2 Å². The monoisotopic (exact) mass is 432 g/mol. The van der Waals surface area contributed by atoms with Crippen molar-refractivity contribution in [1.29, 1.82) is 5.26 Å². The normalized spacial score (nSPS) is 14.9. The SMILES string of the molecule is N#Cc1ccc(-n2cccc2CN2CCN(C(c3ccccc3)c3ccccc3)CC2)cc1. The van der Waals surface area contributed by atoms with Gasteiger partial charge >= 0.3 is 0 Å². The van der Waals surface area contributed by atoms with Crippen molar-refractivity contribution < 1.29 is 0 Å². The van der Waals surface area contributed by atoms with Gasteiger partial charge in [0.1, 0.15) is 0 Å². The van der Waals surface area contributed by atoms with Crippen molar-refractivity contribution in [1.82, 2.24) is 14.4 Å². The van der Waals surface area contributed by atoms with Crippen LogP contribution < -0.4 is 0 Å². The number of hydrogen-bond acceptors (Lipinski definition) is 3. The summed E-state index contributed by atoms with van der Waals surface area (Å²) in [6, 6.07) is 36.3. The third-order valence-electron chi connectivity index (χ3n) is 6.50. The highest BCUT2D eigenvalue weighted by Gasteiger charge is 2.26. The molecule has 5 rings (SSSR count). The Hall–Kier alpha value is -3.65. The van der Waals surface area contributed by atoms with Crippen molar-refractivity contribution in [2.45, 2.75) is 12.6 Å². The summed E-state index contributed by atoms with van der Waals surface area (Å²) in [7, 11) is 0. The van der Waals surface area contributed by atoms with Gasteiger partial charge in [0.05, 0.1) is 17.7 Å². The molecule has 0 atom stereocenters. The Morgan fingerprint density at radius 2 is 1.30 bits per heavy atom. The molecule has 2 heterocycles. The zero-order valence-corrected chi connectivity index (χ0v) is 18.7. The maximum Gasteiger partial charge on any atom is 0.0991 e. The zero-order valence-electron chi connectivity index (χ0n) is 18.7. The number of nitriles is 1. The Bertz CT molecular complexity index is 1160. The lowest BCUT2D eigenvalue weighted by molar-refractivity contribution is 0.103. The molecule has 0 bridgehead atoms. The summed E-state index contributed by atoms with van der Waals surface area (Å²) in [5, 5.41) is 9.07. The van der Waals surface area contributed by atoms with E-state index in [4.69, 9.17) is 5.26 Å². The Balaban J connectivity index is 1.28. The molecule has 0 spiro atoms. The Morgan fingerprint density at radius 3 is 1.88 bits per heavy atom. The molecule has 1 saturated heterocycles. The highest BCUT2D eigenvalue weighted by atomic mass is 15.3. The zero-order chi connectivity index (χ0) is 22.5. The summed E-state index contributed by atoms with van der Waals surface area (Å²) >= 11 is 0. The quantitative estimate of drug-likeness (QED) is 0.417. The number of hydrogen-bond donors (Lipinski definition) is 0. The highest BCUT2D eigenvalue weighted by Crippen LogP contribution is 2.29. The minimum atomic E-state index is 0.289. The lowest BCUT2D eigenvalue weighted by Gasteiger charge is -2.40. The standard InChI is InChI=1S/C29H28N4/c30-22-24-13-15-27(16-14-24)33-17-7-12-28(33)23-31-18-20-32(21-19-31)29(25-8-3-1-4-9-25)26-10-5-2-6-11-26/h1-17,29H,18-21,23H2. The predicted molar refractivity (Wildman–Crippen MR) is 132 cm³/mol. The number of rotatable bonds is 6. The van der Waals surface area contributed by atoms with Crippen LogP contribution in [0.3, 0.4) is 0 Å². The van der Waals surface area contributed by atoms with Crippen LogP contribution in [0.15, 0.2) is 103 Å². The molecule has 4 aromatic rings. The van der Waals surface area contributed by atoms with Gasteiger partial charge in [-0.2, -0.15) is 5.26 Å². The van der Waals surface area contributed by atoms with Crippen LogP contribution in [0.4, 0.5) is 0 Å². The summed E-state index contributed by atoms with van der Waals surface area (Å²) in [5.41, 5.74) is 5.77. The number of aromatic nitrogens is 1. The van der Waals surface area contributed by atoms with Gasteiger partial charge in [-0.3, -0.25) is 9.80 Å². The molecule has 0 amide bonds. The van der Waals surface area contributed by atoms with Gasteiger partial charge in [-0.15, -0.1) is 0 Å². The molecule has 1 aliphatic heterocycles. The molecular formula is C29H28N4. The second-order valence-electron chi connectivity index (χ2n) is 8.56. The molecule has 164 valence electrons. The highest BCUT2D eigenvalue weighted by molar-refractivity contribution is 5.41. The predicted octanol–water partition coefficient (Wildman–Crippen LogP) is 5.26. The molecule has 1 aromatic heterocycles. The summed E-state index contributed by atoms with van der Waals surface area (Å²) in [4.78, 5) is 5.15. The van der Waals surface area contributed by atoms with Crippen molar-refractivity contribution in [2.24, 2.45) is 0 Å². The molecule has 0 radical (unpaired) electrons. The first-order valence-corrected chi connectivity index (χ1v) is 11.5. The largest absolute Gasteiger partial charge is 0.320 e. The lowest BCUT2D eigenvalue weighted by Crippen LogP contribution is -2.47. The second kappa shape index (κ2) is 9.87. The van der Waals surface area contributed by atoms with E-state index in [9.17, 15) is 0 Å². The van der Waals surface area contributed by atoms with E-state index in [1.54, 1.807) is 0 Å². The second-order valence-corrected chi connectivity index (χ2v) is 8.56. The first kappa shape index (κ1) is 21.2. The van der Waals surface area contributed by atoms with Gasteiger partial charge in [0.25, 0.3) is 0 Å². The van der Waals surface area contributed by atoms with Crippen LogP contribution in [-0.2, 0) is 6.54 Å². The molecule has 4 heteroatoms. The van der Waals surface area contributed by atoms with Crippen LogP contribution in [0.2, 0.25) is 0 Å². The smallest absolute Gasteiger partial charge is 0.0991 e. The molecule has 0 N–H and O–H groups in total. The van der Waals surface area contributed by atoms with Crippen molar-refractivity contribution in [3.05, 3.63) is 126 Å². The molecule has 4 nitrogen and oxygen atoms in total. The van der Waals surface area contributed by atoms with Gasteiger partial charge in [-0.25, -0.2) is 0 Å². The first-order valence-electron chi connectivity index (χ1n) is 11.5. The van der Waals surface area contributed by atoms with Gasteiger partial charge in [0.2, 0.25) is 0 Å². The van der Waals surface area contributed by atoms with Gasteiger partial charge < -0.3 is 4.57 Å². The molecule has 33 heavy (non-hydrogen) atoms. The van der Waals surface area contributed by atoms with Crippen LogP contribution in [-0.4, -0.2) is 40.5 Å². The Labute approximate surface area is 195 Å². The summed E-state index contributed by atoms with van der Waals surface area (Å²) in [5.74, 6) is 0. The summed E-state index contributed by atoms with van der Waals surface area (Å²) in [6.45, 7) is 5.06. The maximum atomic E-state index is 9.07. The lowest BCUT2D eigenvalue weighted by atomic mass is 9.96. The average molecular weight is 433 g/mol. The average Bonchev–Trinajstić information content (AvgIpc) is 3.35. The van der Waals surface area contributed by atoms with E-state index >= 15 is 0 Å². The molecule has 1 aliphatic rings. The summed E-state index contributed by atoms with van der Waals surface area (Å²) < 4.78 is 2.23. The number of nitrogens with zero attached hydrogens (tertiary/aromatic N) is 4. The molecule has 0 saturated carbocycles. The fourth-order valence-corrected chi connectivity index (χ4v) is 4.79. The van der Waals surface area contributed by atoms with Gasteiger partial charge in [0.15, 0.2) is 0 Å². The van der Waals surface area contributed by atoms with Crippen LogP contribution >= 0.6 is 0 Å². The molecule has 3 aromatic carbocycles. The minimum Gasteiger partial charge on any atom is -0.320 e. The fourth-order valence-electron chi connectivity index (χ4n) is 4.79.